The number of rotatable bonds is 8. The summed E-state index contributed by atoms with van der Waals surface area (Å²) in [4.78, 5) is 0. The normalized spacial score (nSPS) is 15.7. The highest BCUT2D eigenvalue weighted by Gasteiger charge is 2.19. The number of H-pyrrole nitrogens is 1. The minimum atomic E-state index is 0.843. The molecule has 84 valence electrons. The van der Waals surface area contributed by atoms with Gasteiger partial charge in [0.15, 0.2) is 0 Å². The van der Waals surface area contributed by atoms with Gasteiger partial charge in [0.1, 0.15) is 0 Å². The summed E-state index contributed by atoms with van der Waals surface area (Å²) in [5.74, 6) is 0. The Balaban J connectivity index is 1.38. The molecule has 1 aromatic heterocycles. The van der Waals surface area contributed by atoms with Crippen LogP contribution in [0.1, 0.15) is 25.0 Å². The van der Waals surface area contributed by atoms with Crippen molar-refractivity contribution in [2.75, 3.05) is 19.6 Å². The van der Waals surface area contributed by atoms with Crippen molar-refractivity contribution in [2.24, 2.45) is 0 Å². The third-order valence-corrected chi connectivity index (χ3v) is 2.67. The smallest absolute Gasteiger partial charge is 0.0490 e. The van der Waals surface area contributed by atoms with Crippen molar-refractivity contribution in [3.63, 3.8) is 0 Å². The zero-order valence-corrected chi connectivity index (χ0v) is 9.13. The molecule has 0 bridgehead atoms. The van der Waals surface area contributed by atoms with Crippen LogP contribution in [0.2, 0.25) is 0 Å². The Morgan fingerprint density at radius 3 is 3.00 bits per heavy atom. The summed E-state index contributed by atoms with van der Waals surface area (Å²) in [5, 5.41) is 13.8. The van der Waals surface area contributed by atoms with E-state index in [1.807, 2.05) is 6.07 Å². The van der Waals surface area contributed by atoms with E-state index in [-0.39, 0.29) is 0 Å². The molecule has 2 rings (SSSR count). The topological polar surface area (TPSA) is 52.7 Å². The fourth-order valence-corrected chi connectivity index (χ4v) is 1.58. The number of hydrogen-bond acceptors (Lipinski definition) is 3. The Hall–Kier alpha value is -0.870. The van der Waals surface area contributed by atoms with E-state index in [0.717, 1.165) is 32.1 Å². The van der Waals surface area contributed by atoms with Gasteiger partial charge in [-0.3, -0.25) is 5.10 Å². The first-order valence-corrected chi connectivity index (χ1v) is 5.87. The Bertz CT molecular complexity index is 254. The molecule has 1 aromatic rings. The highest BCUT2D eigenvalue weighted by atomic mass is 15.1. The van der Waals surface area contributed by atoms with Crippen LogP contribution >= 0.6 is 0 Å². The van der Waals surface area contributed by atoms with Gasteiger partial charge in [-0.25, -0.2) is 0 Å². The molecule has 1 fully saturated rings. The van der Waals surface area contributed by atoms with Gasteiger partial charge in [-0.1, -0.05) is 0 Å². The van der Waals surface area contributed by atoms with Crippen molar-refractivity contribution in [2.45, 2.75) is 31.7 Å². The molecule has 0 radical (unpaired) electrons. The van der Waals surface area contributed by atoms with Gasteiger partial charge in [0.05, 0.1) is 0 Å². The minimum absolute atomic E-state index is 0.843. The molecule has 4 heteroatoms. The molecular formula is C11H20N4. The highest BCUT2D eigenvalue weighted by molar-refractivity contribution is 4.97. The Kier molecular flexibility index (Phi) is 4.17. The van der Waals surface area contributed by atoms with Crippen molar-refractivity contribution in [1.82, 2.24) is 20.8 Å². The largest absolute Gasteiger partial charge is 0.316 e. The third-order valence-electron chi connectivity index (χ3n) is 2.67. The van der Waals surface area contributed by atoms with Gasteiger partial charge < -0.3 is 10.6 Å². The molecule has 0 amide bonds. The van der Waals surface area contributed by atoms with Gasteiger partial charge >= 0.3 is 0 Å². The fourth-order valence-electron chi connectivity index (χ4n) is 1.58. The quantitative estimate of drug-likeness (QED) is 0.551. The molecule has 1 saturated carbocycles. The molecule has 0 spiro atoms. The predicted octanol–water partition coefficient (Wildman–Crippen LogP) is 0.684. The lowest BCUT2D eigenvalue weighted by Gasteiger charge is -2.04. The molecule has 0 aromatic carbocycles. The first kappa shape index (κ1) is 10.6. The Labute approximate surface area is 90.8 Å². The number of nitrogens with one attached hydrogen (secondary N) is 3. The molecule has 0 atom stereocenters. The van der Waals surface area contributed by atoms with E-state index >= 15 is 0 Å². The average molecular weight is 208 g/mol. The third kappa shape index (κ3) is 4.44. The fraction of sp³-hybridized carbons (Fsp3) is 0.727. The molecule has 0 saturated heterocycles. The van der Waals surface area contributed by atoms with Crippen LogP contribution in [0.3, 0.4) is 0 Å². The maximum atomic E-state index is 3.91. The van der Waals surface area contributed by atoms with Crippen LogP contribution in [0.25, 0.3) is 0 Å². The highest BCUT2D eigenvalue weighted by Crippen LogP contribution is 2.18. The van der Waals surface area contributed by atoms with Crippen LogP contribution in [0.5, 0.6) is 0 Å². The summed E-state index contributed by atoms with van der Waals surface area (Å²) in [6.45, 7) is 3.29. The number of hydrogen-bond donors (Lipinski definition) is 3. The molecule has 1 aliphatic carbocycles. The molecule has 3 N–H and O–H groups in total. The lowest BCUT2D eigenvalue weighted by Crippen LogP contribution is -2.24. The standard InChI is InChI=1S/C11H20N4/c1(7-13-10-2-3-10)6-12-8-4-11-5-9-14-15-11/h5,9-10,12-13H,1-4,6-8H2,(H,14,15). The first-order chi connectivity index (χ1) is 7.45. The predicted molar refractivity (Wildman–Crippen MR) is 60.8 cm³/mol. The van der Waals surface area contributed by atoms with Crippen molar-refractivity contribution in [3.05, 3.63) is 18.0 Å². The summed E-state index contributed by atoms with van der Waals surface area (Å²) < 4.78 is 0. The van der Waals surface area contributed by atoms with Gasteiger partial charge in [-0.05, 0) is 38.4 Å². The van der Waals surface area contributed by atoms with Crippen LogP contribution in [0.4, 0.5) is 0 Å². The second-order valence-electron chi connectivity index (χ2n) is 4.16. The second-order valence-corrected chi connectivity index (χ2v) is 4.16. The van der Waals surface area contributed by atoms with Crippen LogP contribution in [0.15, 0.2) is 12.3 Å². The Morgan fingerprint density at radius 2 is 2.27 bits per heavy atom. The SMILES string of the molecule is c1cc(CCNCCCNC2CC2)[nH]n1. The van der Waals surface area contributed by atoms with Gasteiger partial charge in [-0.15, -0.1) is 0 Å². The number of aromatic amines is 1. The van der Waals surface area contributed by atoms with E-state index in [1.54, 1.807) is 6.20 Å². The number of aromatic nitrogens is 2. The van der Waals surface area contributed by atoms with E-state index in [0.29, 0.717) is 0 Å². The van der Waals surface area contributed by atoms with Gasteiger partial charge in [0.25, 0.3) is 0 Å². The monoisotopic (exact) mass is 208 g/mol. The van der Waals surface area contributed by atoms with Crippen LogP contribution in [-0.4, -0.2) is 35.9 Å². The number of nitrogens with zero attached hydrogens (tertiary/aromatic N) is 1. The molecule has 0 aliphatic heterocycles. The van der Waals surface area contributed by atoms with E-state index in [4.69, 9.17) is 0 Å². The lowest BCUT2D eigenvalue weighted by molar-refractivity contribution is 0.592. The zero-order valence-electron chi connectivity index (χ0n) is 9.13. The average Bonchev–Trinajstić information content (AvgIpc) is 2.92. The summed E-state index contributed by atoms with van der Waals surface area (Å²) in [6, 6.07) is 2.87. The summed E-state index contributed by atoms with van der Waals surface area (Å²) >= 11 is 0. The maximum Gasteiger partial charge on any atom is 0.0490 e. The lowest BCUT2D eigenvalue weighted by atomic mass is 10.3. The van der Waals surface area contributed by atoms with Crippen molar-refractivity contribution >= 4 is 0 Å². The second kappa shape index (κ2) is 5.88. The molecule has 15 heavy (non-hydrogen) atoms. The zero-order chi connectivity index (χ0) is 10.3. The molecule has 1 aliphatic rings. The van der Waals surface area contributed by atoms with E-state index in [9.17, 15) is 0 Å². The molecular weight excluding hydrogens is 188 g/mol. The molecule has 4 nitrogen and oxygen atoms in total. The Morgan fingerprint density at radius 1 is 1.33 bits per heavy atom. The van der Waals surface area contributed by atoms with E-state index in [2.05, 4.69) is 20.8 Å². The van der Waals surface area contributed by atoms with E-state index < -0.39 is 0 Å². The van der Waals surface area contributed by atoms with Crippen LogP contribution < -0.4 is 10.6 Å². The molecule has 1 heterocycles. The van der Waals surface area contributed by atoms with Gasteiger partial charge in [-0.2, -0.15) is 5.10 Å². The van der Waals surface area contributed by atoms with Crippen molar-refractivity contribution < 1.29 is 0 Å². The van der Waals surface area contributed by atoms with Crippen LogP contribution in [0, 0.1) is 0 Å². The summed E-state index contributed by atoms with van der Waals surface area (Å²) in [6.07, 6.45) is 6.82. The van der Waals surface area contributed by atoms with Gasteiger partial charge in [0, 0.05) is 30.9 Å². The minimum Gasteiger partial charge on any atom is -0.316 e. The summed E-state index contributed by atoms with van der Waals surface area (Å²) in [7, 11) is 0. The van der Waals surface area contributed by atoms with Crippen LogP contribution in [-0.2, 0) is 6.42 Å². The maximum absolute atomic E-state index is 3.91. The van der Waals surface area contributed by atoms with Crippen molar-refractivity contribution in [1.29, 1.82) is 0 Å². The summed E-state index contributed by atoms with van der Waals surface area (Å²) in [5.41, 5.74) is 1.21. The van der Waals surface area contributed by atoms with Crippen molar-refractivity contribution in [3.8, 4) is 0 Å². The first-order valence-electron chi connectivity index (χ1n) is 5.87. The molecule has 0 unspecified atom stereocenters. The van der Waals surface area contributed by atoms with E-state index in [1.165, 1.54) is 25.0 Å². The van der Waals surface area contributed by atoms with Gasteiger partial charge in [0.2, 0.25) is 0 Å².